The second kappa shape index (κ2) is 5.30. The third-order valence-corrected chi connectivity index (χ3v) is 4.21. The summed E-state index contributed by atoms with van der Waals surface area (Å²) in [5.41, 5.74) is 9.71. The average molecular weight is 276 g/mol. The van der Waals surface area contributed by atoms with Crippen molar-refractivity contribution >= 4 is 10.8 Å². The van der Waals surface area contributed by atoms with Crippen LogP contribution in [0.4, 0.5) is 0 Å². The molecule has 21 heavy (non-hydrogen) atoms. The lowest BCUT2D eigenvalue weighted by Gasteiger charge is -2.27. The molecule has 1 unspecified atom stereocenters. The topological polar surface area (TPSA) is 38.9 Å². The molecule has 0 bridgehead atoms. The molecular formula is C19H20N2. The Morgan fingerprint density at radius 2 is 1.81 bits per heavy atom. The first-order valence-corrected chi connectivity index (χ1v) is 7.34. The number of nitrogens with zero attached hydrogens (tertiary/aromatic N) is 1. The van der Waals surface area contributed by atoms with Crippen molar-refractivity contribution in [3.8, 4) is 0 Å². The van der Waals surface area contributed by atoms with E-state index >= 15 is 0 Å². The lowest BCUT2D eigenvalue weighted by Crippen LogP contribution is -2.34. The molecule has 2 nitrogen and oxygen atoms in total. The van der Waals surface area contributed by atoms with E-state index < -0.39 is 5.54 Å². The van der Waals surface area contributed by atoms with Gasteiger partial charge in [-0.05, 0) is 41.5 Å². The lowest BCUT2D eigenvalue weighted by atomic mass is 9.83. The molecule has 1 heterocycles. The van der Waals surface area contributed by atoms with Crippen molar-refractivity contribution in [1.29, 1.82) is 0 Å². The van der Waals surface area contributed by atoms with Gasteiger partial charge in [0.2, 0.25) is 0 Å². The standard InChI is InChI=1S/C19H20N2/c1-3-14-7-9-16(10-8-14)19(2,20)18-6-4-5-15-11-12-21-13-17(15)18/h4-13H,3,20H2,1-2H3. The monoisotopic (exact) mass is 276 g/mol. The van der Waals surface area contributed by atoms with E-state index in [0.717, 1.165) is 22.9 Å². The molecule has 0 radical (unpaired) electrons. The Morgan fingerprint density at radius 3 is 2.52 bits per heavy atom. The number of pyridine rings is 1. The molecule has 0 amide bonds. The zero-order valence-corrected chi connectivity index (χ0v) is 12.5. The Balaban J connectivity index is 2.14. The maximum absolute atomic E-state index is 6.69. The Kier molecular flexibility index (Phi) is 3.48. The van der Waals surface area contributed by atoms with Gasteiger partial charge in [0.25, 0.3) is 0 Å². The number of hydrogen-bond donors (Lipinski definition) is 1. The van der Waals surface area contributed by atoms with Gasteiger partial charge in [-0.15, -0.1) is 0 Å². The molecular weight excluding hydrogens is 256 g/mol. The number of benzene rings is 2. The van der Waals surface area contributed by atoms with Crippen LogP contribution < -0.4 is 5.73 Å². The normalized spacial score (nSPS) is 14.0. The van der Waals surface area contributed by atoms with Crippen molar-refractivity contribution in [3.05, 3.63) is 77.6 Å². The largest absolute Gasteiger partial charge is 0.318 e. The van der Waals surface area contributed by atoms with Crippen LogP contribution in [0.1, 0.15) is 30.5 Å². The number of aryl methyl sites for hydroxylation is 1. The summed E-state index contributed by atoms with van der Waals surface area (Å²) in [6.45, 7) is 4.22. The molecule has 2 aromatic carbocycles. The fourth-order valence-corrected chi connectivity index (χ4v) is 2.81. The molecule has 1 aromatic heterocycles. The Bertz CT molecular complexity index is 753. The number of rotatable bonds is 3. The van der Waals surface area contributed by atoms with Gasteiger partial charge in [-0.2, -0.15) is 0 Å². The van der Waals surface area contributed by atoms with Crippen molar-refractivity contribution in [3.63, 3.8) is 0 Å². The van der Waals surface area contributed by atoms with Crippen LogP contribution in [-0.4, -0.2) is 4.98 Å². The van der Waals surface area contributed by atoms with Gasteiger partial charge in [-0.25, -0.2) is 0 Å². The van der Waals surface area contributed by atoms with Gasteiger partial charge in [0, 0.05) is 17.8 Å². The van der Waals surface area contributed by atoms with Crippen LogP contribution in [0.5, 0.6) is 0 Å². The summed E-state index contributed by atoms with van der Waals surface area (Å²) >= 11 is 0. The van der Waals surface area contributed by atoms with E-state index in [0.29, 0.717) is 0 Å². The predicted molar refractivity (Wildman–Crippen MR) is 88.2 cm³/mol. The van der Waals surface area contributed by atoms with Gasteiger partial charge in [-0.3, -0.25) is 4.98 Å². The van der Waals surface area contributed by atoms with Crippen LogP contribution in [0.3, 0.4) is 0 Å². The Morgan fingerprint density at radius 1 is 1.05 bits per heavy atom. The highest BCUT2D eigenvalue weighted by atomic mass is 14.7. The maximum atomic E-state index is 6.69. The van der Waals surface area contributed by atoms with Crippen molar-refractivity contribution in [1.82, 2.24) is 4.98 Å². The highest BCUT2D eigenvalue weighted by Gasteiger charge is 2.25. The molecule has 0 spiro atoms. The van der Waals surface area contributed by atoms with Gasteiger partial charge in [-0.1, -0.05) is 49.4 Å². The fraction of sp³-hybridized carbons (Fsp3) is 0.211. The summed E-state index contributed by atoms with van der Waals surface area (Å²) in [6.07, 6.45) is 4.76. The van der Waals surface area contributed by atoms with Crippen LogP contribution >= 0.6 is 0 Å². The molecule has 1 atom stereocenters. The maximum Gasteiger partial charge on any atom is 0.0643 e. The minimum atomic E-state index is -0.533. The van der Waals surface area contributed by atoms with E-state index in [1.165, 1.54) is 10.9 Å². The van der Waals surface area contributed by atoms with Crippen molar-refractivity contribution in [2.24, 2.45) is 5.73 Å². The van der Waals surface area contributed by atoms with Crippen molar-refractivity contribution < 1.29 is 0 Å². The summed E-state index contributed by atoms with van der Waals surface area (Å²) in [5.74, 6) is 0. The smallest absolute Gasteiger partial charge is 0.0643 e. The third-order valence-electron chi connectivity index (χ3n) is 4.21. The van der Waals surface area contributed by atoms with E-state index in [1.807, 2.05) is 18.5 Å². The molecule has 0 aliphatic carbocycles. The molecule has 106 valence electrons. The van der Waals surface area contributed by atoms with Crippen LogP contribution in [0.15, 0.2) is 60.9 Å². The summed E-state index contributed by atoms with van der Waals surface area (Å²) in [7, 11) is 0. The summed E-state index contributed by atoms with van der Waals surface area (Å²) < 4.78 is 0. The second-order valence-corrected chi connectivity index (χ2v) is 5.66. The van der Waals surface area contributed by atoms with Gasteiger partial charge in [0.15, 0.2) is 0 Å². The van der Waals surface area contributed by atoms with Crippen LogP contribution in [0.2, 0.25) is 0 Å². The first-order valence-electron chi connectivity index (χ1n) is 7.34. The summed E-state index contributed by atoms with van der Waals surface area (Å²) in [4.78, 5) is 4.25. The molecule has 2 N–H and O–H groups in total. The third kappa shape index (κ3) is 2.43. The van der Waals surface area contributed by atoms with Crippen LogP contribution in [0.25, 0.3) is 10.8 Å². The molecule has 2 heteroatoms. The molecule has 0 aliphatic rings. The second-order valence-electron chi connectivity index (χ2n) is 5.66. The first-order chi connectivity index (χ1) is 10.1. The fourth-order valence-electron chi connectivity index (χ4n) is 2.81. The molecule has 0 fully saturated rings. The van der Waals surface area contributed by atoms with E-state index in [2.05, 4.69) is 61.3 Å². The van der Waals surface area contributed by atoms with E-state index in [9.17, 15) is 0 Å². The highest BCUT2D eigenvalue weighted by Crippen LogP contribution is 2.31. The summed E-state index contributed by atoms with van der Waals surface area (Å²) in [5, 5.41) is 2.29. The average Bonchev–Trinajstić information content (AvgIpc) is 2.54. The molecule has 3 rings (SSSR count). The Hall–Kier alpha value is -2.19. The van der Waals surface area contributed by atoms with Gasteiger partial charge < -0.3 is 5.73 Å². The predicted octanol–water partition coefficient (Wildman–Crippen LogP) is 4.02. The zero-order chi connectivity index (χ0) is 14.9. The van der Waals surface area contributed by atoms with Gasteiger partial charge >= 0.3 is 0 Å². The number of hydrogen-bond acceptors (Lipinski definition) is 2. The van der Waals surface area contributed by atoms with E-state index in [1.54, 1.807) is 0 Å². The number of fused-ring (bicyclic) bond motifs is 1. The van der Waals surface area contributed by atoms with Crippen molar-refractivity contribution in [2.45, 2.75) is 25.8 Å². The molecule has 0 aliphatic heterocycles. The lowest BCUT2D eigenvalue weighted by molar-refractivity contribution is 0.608. The van der Waals surface area contributed by atoms with Gasteiger partial charge in [0.1, 0.15) is 0 Å². The highest BCUT2D eigenvalue weighted by molar-refractivity contribution is 5.86. The minimum absolute atomic E-state index is 0.533. The minimum Gasteiger partial charge on any atom is -0.318 e. The quantitative estimate of drug-likeness (QED) is 0.784. The SMILES string of the molecule is CCc1ccc(C(C)(N)c2cccc3ccncc23)cc1. The Labute approximate surface area is 125 Å². The number of nitrogens with two attached hydrogens (primary N) is 1. The molecule has 0 saturated carbocycles. The molecule has 3 aromatic rings. The number of aromatic nitrogens is 1. The van der Waals surface area contributed by atoms with E-state index in [4.69, 9.17) is 5.73 Å². The van der Waals surface area contributed by atoms with Crippen LogP contribution in [0, 0.1) is 0 Å². The zero-order valence-electron chi connectivity index (χ0n) is 12.5. The summed E-state index contributed by atoms with van der Waals surface area (Å²) in [6, 6.07) is 16.8. The van der Waals surface area contributed by atoms with Crippen molar-refractivity contribution in [2.75, 3.05) is 0 Å². The van der Waals surface area contributed by atoms with Gasteiger partial charge in [0.05, 0.1) is 5.54 Å². The van der Waals surface area contributed by atoms with Crippen LogP contribution in [-0.2, 0) is 12.0 Å². The first kappa shape index (κ1) is 13.8. The van der Waals surface area contributed by atoms with E-state index in [-0.39, 0.29) is 0 Å². The molecule has 0 saturated heterocycles.